The maximum Gasteiger partial charge on any atom is 0.456 e. The molecule has 0 bridgehead atoms. The standard InChI is InChI=1S/C28H28Br2F6N6O2/c1-17(23(25(43)27(31,32)33)41-39-21-11-7-19(29)8-12-21)37-15-5-3-4-6-16-38-18(2)24(26(44)28(34,35)36)42-40-22-13-9-20(30)10-14-22/h7-14,39-40H,3-6,15-16H2,1-2H3/b37-17?,38-18?,41-23+,42-24+. The quantitative estimate of drug-likeness (QED) is 0.0828. The van der Waals surface area contributed by atoms with Crippen LogP contribution in [0.5, 0.6) is 0 Å². The third-order valence-electron chi connectivity index (χ3n) is 5.68. The van der Waals surface area contributed by atoms with Gasteiger partial charge in [-0.2, -0.15) is 36.5 Å². The number of unbranched alkanes of at least 4 members (excludes halogenated alkanes) is 3. The fourth-order valence-corrected chi connectivity index (χ4v) is 3.90. The van der Waals surface area contributed by atoms with E-state index in [9.17, 15) is 35.9 Å². The van der Waals surface area contributed by atoms with Crippen LogP contribution in [0.3, 0.4) is 0 Å². The average molecular weight is 754 g/mol. The smallest absolute Gasteiger partial charge is 0.288 e. The molecule has 0 saturated heterocycles. The van der Waals surface area contributed by atoms with Gasteiger partial charge in [0, 0.05) is 22.0 Å². The van der Waals surface area contributed by atoms with E-state index in [1.807, 2.05) is 0 Å². The number of nitrogens with one attached hydrogen (secondary N) is 2. The Bertz CT molecular complexity index is 1300. The molecule has 0 fully saturated rings. The topological polar surface area (TPSA) is 108 Å². The van der Waals surface area contributed by atoms with Crippen LogP contribution in [0, 0.1) is 0 Å². The molecule has 2 N–H and O–H groups in total. The zero-order valence-corrected chi connectivity index (χ0v) is 26.7. The molecular weight excluding hydrogens is 726 g/mol. The fraction of sp³-hybridized carbons (Fsp3) is 0.357. The second-order valence-electron chi connectivity index (χ2n) is 9.16. The molecular formula is C28H28Br2F6N6O2. The molecule has 0 aliphatic carbocycles. The van der Waals surface area contributed by atoms with Crippen molar-refractivity contribution in [3.63, 3.8) is 0 Å². The third-order valence-corrected chi connectivity index (χ3v) is 6.73. The molecule has 0 saturated carbocycles. The predicted octanol–water partition coefficient (Wildman–Crippen LogP) is 8.19. The number of ketones is 2. The number of hydrogen-bond donors (Lipinski definition) is 2. The predicted molar refractivity (Wildman–Crippen MR) is 167 cm³/mol. The first-order valence-corrected chi connectivity index (χ1v) is 14.6. The van der Waals surface area contributed by atoms with Crippen LogP contribution < -0.4 is 10.9 Å². The van der Waals surface area contributed by atoms with Gasteiger partial charge < -0.3 is 0 Å². The van der Waals surface area contributed by atoms with Crippen LogP contribution in [0.25, 0.3) is 0 Å². The van der Waals surface area contributed by atoms with Gasteiger partial charge in [-0.25, -0.2) is 0 Å². The largest absolute Gasteiger partial charge is 0.456 e. The number of carbonyl (C=O) groups excluding carboxylic acids is 2. The zero-order valence-electron chi connectivity index (χ0n) is 23.5. The summed E-state index contributed by atoms with van der Waals surface area (Å²) in [5, 5.41) is 7.29. The Labute approximate surface area is 266 Å². The molecule has 2 rings (SSSR count). The molecule has 2 aromatic carbocycles. The average Bonchev–Trinajstić information content (AvgIpc) is 2.95. The van der Waals surface area contributed by atoms with Crippen LogP contribution in [0.1, 0.15) is 39.5 Å². The zero-order chi connectivity index (χ0) is 32.9. The number of benzene rings is 2. The summed E-state index contributed by atoms with van der Waals surface area (Å²) in [4.78, 5) is 32.0. The Morgan fingerprint density at radius 3 is 1.23 bits per heavy atom. The fourth-order valence-electron chi connectivity index (χ4n) is 3.37. The molecule has 0 radical (unpaired) electrons. The van der Waals surface area contributed by atoms with Gasteiger partial charge >= 0.3 is 12.4 Å². The molecule has 0 spiro atoms. The lowest BCUT2D eigenvalue weighted by Crippen LogP contribution is -2.35. The van der Waals surface area contributed by atoms with Gasteiger partial charge in [0.05, 0.1) is 22.8 Å². The molecule has 0 aromatic heterocycles. The summed E-state index contributed by atoms with van der Waals surface area (Å²) in [5.41, 5.74) is 3.53. The van der Waals surface area contributed by atoms with Gasteiger partial charge in [-0.3, -0.25) is 30.4 Å². The number of hydrogen-bond acceptors (Lipinski definition) is 8. The summed E-state index contributed by atoms with van der Waals surface area (Å²) in [7, 11) is 0. The van der Waals surface area contributed by atoms with Crippen molar-refractivity contribution < 1.29 is 35.9 Å². The first-order valence-electron chi connectivity index (χ1n) is 13.0. The van der Waals surface area contributed by atoms with Gasteiger partial charge in [-0.15, -0.1) is 0 Å². The summed E-state index contributed by atoms with van der Waals surface area (Å²) in [5.74, 6) is -4.26. The molecule has 16 heteroatoms. The summed E-state index contributed by atoms with van der Waals surface area (Å²) in [6.07, 6.45) is -8.19. The van der Waals surface area contributed by atoms with E-state index in [-0.39, 0.29) is 24.5 Å². The normalized spacial score (nSPS) is 13.6. The number of Topliss-reactive ketones (excluding diaryl/α,β-unsaturated/α-hetero) is 2. The van der Waals surface area contributed by atoms with Crippen molar-refractivity contribution in [1.29, 1.82) is 0 Å². The number of nitrogens with zero attached hydrogens (tertiary/aromatic N) is 4. The Morgan fingerprint density at radius 2 is 0.932 bits per heavy atom. The van der Waals surface area contributed by atoms with Gasteiger partial charge in [0.25, 0.3) is 11.6 Å². The van der Waals surface area contributed by atoms with Crippen molar-refractivity contribution in [1.82, 2.24) is 0 Å². The Hall–Kier alpha value is -3.40. The second kappa shape index (κ2) is 17.2. The first kappa shape index (κ1) is 36.8. The highest BCUT2D eigenvalue weighted by Gasteiger charge is 2.43. The monoisotopic (exact) mass is 752 g/mol. The minimum atomic E-state index is -5.14. The molecule has 0 aliphatic rings. The first-order chi connectivity index (χ1) is 20.6. The number of hydrazone groups is 2. The minimum Gasteiger partial charge on any atom is -0.288 e. The molecule has 44 heavy (non-hydrogen) atoms. The van der Waals surface area contributed by atoms with Crippen molar-refractivity contribution in [3.8, 4) is 0 Å². The number of alkyl halides is 6. The van der Waals surface area contributed by atoms with Gasteiger partial charge in [0.1, 0.15) is 0 Å². The summed E-state index contributed by atoms with van der Waals surface area (Å²) < 4.78 is 80.3. The van der Waals surface area contributed by atoms with E-state index >= 15 is 0 Å². The summed E-state index contributed by atoms with van der Waals surface area (Å²) in [6.45, 7) is 2.76. The summed E-state index contributed by atoms with van der Waals surface area (Å²) >= 11 is 6.48. The van der Waals surface area contributed by atoms with Crippen molar-refractivity contribution in [3.05, 3.63) is 57.5 Å². The lowest BCUT2D eigenvalue weighted by Gasteiger charge is -2.10. The van der Waals surface area contributed by atoms with E-state index in [0.29, 0.717) is 37.1 Å². The van der Waals surface area contributed by atoms with Crippen LogP contribution in [0.4, 0.5) is 37.7 Å². The van der Waals surface area contributed by atoms with Crippen LogP contribution in [-0.4, -0.2) is 59.9 Å². The number of halogens is 8. The van der Waals surface area contributed by atoms with Crippen molar-refractivity contribution in [2.45, 2.75) is 51.9 Å². The molecule has 238 valence electrons. The van der Waals surface area contributed by atoms with E-state index in [0.717, 1.165) is 8.95 Å². The van der Waals surface area contributed by atoms with Crippen molar-refractivity contribution in [2.24, 2.45) is 20.2 Å². The van der Waals surface area contributed by atoms with Crippen molar-refractivity contribution in [2.75, 3.05) is 23.9 Å². The van der Waals surface area contributed by atoms with E-state index in [2.05, 4.69) is 62.9 Å². The van der Waals surface area contributed by atoms with Crippen LogP contribution >= 0.6 is 31.9 Å². The molecule has 0 amide bonds. The molecule has 0 atom stereocenters. The molecule has 0 heterocycles. The molecule has 2 aromatic rings. The second-order valence-corrected chi connectivity index (χ2v) is 11.0. The van der Waals surface area contributed by atoms with E-state index in [1.54, 1.807) is 48.5 Å². The molecule has 0 unspecified atom stereocenters. The minimum absolute atomic E-state index is 0.120. The van der Waals surface area contributed by atoms with Gasteiger partial charge in [0.2, 0.25) is 0 Å². The SMILES string of the molecule is CC(=NCCCCCCN=C(C)/C(=N\Nc1ccc(Br)cc1)C(=O)C(F)(F)F)/C(=N\Nc1ccc(Br)cc1)C(=O)C(F)(F)F. The number of carbonyl (C=O) groups is 2. The van der Waals surface area contributed by atoms with Crippen molar-refractivity contribution >= 4 is 77.6 Å². The molecule has 0 aliphatic heterocycles. The highest BCUT2D eigenvalue weighted by atomic mass is 79.9. The Balaban J connectivity index is 1.93. The summed E-state index contributed by atoms with van der Waals surface area (Å²) in [6, 6.07) is 12.8. The highest BCUT2D eigenvalue weighted by molar-refractivity contribution is 9.10. The van der Waals surface area contributed by atoms with Gasteiger partial charge in [0.15, 0.2) is 11.4 Å². The maximum atomic E-state index is 13.1. The van der Waals surface area contributed by atoms with E-state index < -0.39 is 35.3 Å². The Kier molecular flexibility index (Phi) is 14.4. The number of anilines is 2. The molecule has 8 nitrogen and oxygen atoms in total. The van der Waals surface area contributed by atoms with Gasteiger partial charge in [-0.1, -0.05) is 44.7 Å². The number of rotatable bonds is 15. The number of aliphatic imine (C=N–C) groups is 2. The highest BCUT2D eigenvalue weighted by Crippen LogP contribution is 2.20. The Morgan fingerprint density at radius 1 is 0.614 bits per heavy atom. The van der Waals surface area contributed by atoms with Crippen LogP contribution in [-0.2, 0) is 9.59 Å². The van der Waals surface area contributed by atoms with Crippen LogP contribution in [0.2, 0.25) is 0 Å². The van der Waals surface area contributed by atoms with E-state index in [4.69, 9.17) is 0 Å². The third kappa shape index (κ3) is 12.7. The lowest BCUT2D eigenvalue weighted by molar-refractivity contribution is -0.162. The van der Waals surface area contributed by atoms with E-state index in [1.165, 1.54) is 13.8 Å². The van der Waals surface area contributed by atoms with Crippen LogP contribution in [0.15, 0.2) is 77.7 Å². The lowest BCUT2D eigenvalue weighted by atomic mass is 10.1. The van der Waals surface area contributed by atoms with Gasteiger partial charge in [-0.05, 0) is 75.2 Å². The maximum absolute atomic E-state index is 13.1.